The minimum Gasteiger partial charge on any atom is -0.497 e. The van der Waals surface area contributed by atoms with Crippen molar-refractivity contribution in [3.8, 4) is 17.1 Å². The summed E-state index contributed by atoms with van der Waals surface area (Å²) in [6.07, 6.45) is 0. The average Bonchev–Trinajstić information content (AvgIpc) is 2.98. The number of benzene rings is 1. The summed E-state index contributed by atoms with van der Waals surface area (Å²) >= 11 is 3.54. The lowest BCUT2D eigenvalue weighted by Gasteiger charge is -2.06. The zero-order chi connectivity index (χ0) is 16.2. The molecule has 1 aromatic carbocycles. The van der Waals surface area contributed by atoms with E-state index in [1.165, 1.54) is 5.56 Å². The largest absolute Gasteiger partial charge is 0.497 e. The highest BCUT2D eigenvalue weighted by atomic mass is 79.9. The van der Waals surface area contributed by atoms with Crippen molar-refractivity contribution in [2.24, 2.45) is 0 Å². The number of methoxy groups -OCH3 is 1. The summed E-state index contributed by atoms with van der Waals surface area (Å²) in [4.78, 5) is 4.55. The van der Waals surface area contributed by atoms with Crippen LogP contribution in [0.3, 0.4) is 0 Å². The topological polar surface area (TPSA) is 39.9 Å². The molecule has 0 bridgehead atoms. The summed E-state index contributed by atoms with van der Waals surface area (Å²) < 4.78 is 7.21. The number of alkyl halides is 1. The van der Waals surface area contributed by atoms with E-state index in [4.69, 9.17) is 9.84 Å². The quantitative estimate of drug-likeness (QED) is 0.630. The Balaban J connectivity index is 1.89. The van der Waals surface area contributed by atoms with Gasteiger partial charge in [0.05, 0.1) is 25.0 Å². The highest BCUT2D eigenvalue weighted by Crippen LogP contribution is 2.20. The third-order valence-corrected chi connectivity index (χ3v) is 4.22. The van der Waals surface area contributed by atoms with Crippen molar-refractivity contribution >= 4 is 15.9 Å². The van der Waals surface area contributed by atoms with Gasteiger partial charge in [0.25, 0.3) is 0 Å². The maximum atomic E-state index is 5.20. The van der Waals surface area contributed by atoms with E-state index in [2.05, 4.69) is 39.1 Å². The fraction of sp³-hybridized carbons (Fsp3) is 0.222. The lowest BCUT2D eigenvalue weighted by molar-refractivity contribution is 0.414. The van der Waals surface area contributed by atoms with Gasteiger partial charge < -0.3 is 4.74 Å². The van der Waals surface area contributed by atoms with Crippen LogP contribution in [0.25, 0.3) is 11.4 Å². The van der Waals surface area contributed by atoms with Gasteiger partial charge in [-0.3, -0.25) is 9.67 Å². The monoisotopic (exact) mass is 371 g/mol. The molecule has 4 nitrogen and oxygen atoms in total. The molecule has 0 aliphatic heterocycles. The highest BCUT2D eigenvalue weighted by molar-refractivity contribution is 9.08. The molecule has 0 radical (unpaired) electrons. The van der Waals surface area contributed by atoms with Crippen molar-refractivity contribution < 1.29 is 4.74 Å². The van der Waals surface area contributed by atoms with Gasteiger partial charge in [0.1, 0.15) is 11.4 Å². The molecule has 3 rings (SSSR count). The van der Waals surface area contributed by atoms with Crippen LogP contribution in [0.2, 0.25) is 0 Å². The van der Waals surface area contributed by atoms with Gasteiger partial charge in [-0.05, 0) is 42.8 Å². The Morgan fingerprint density at radius 3 is 2.52 bits per heavy atom. The molecule has 0 saturated carbocycles. The highest BCUT2D eigenvalue weighted by Gasteiger charge is 2.10. The van der Waals surface area contributed by atoms with Crippen molar-refractivity contribution in [3.63, 3.8) is 0 Å². The van der Waals surface area contributed by atoms with Crippen LogP contribution >= 0.6 is 15.9 Å². The molecule has 0 N–H and O–H groups in total. The lowest BCUT2D eigenvalue weighted by atomic mass is 10.2. The van der Waals surface area contributed by atoms with Gasteiger partial charge in [0.15, 0.2) is 0 Å². The molecule has 0 fully saturated rings. The smallest absolute Gasteiger partial charge is 0.118 e. The van der Waals surface area contributed by atoms with Crippen molar-refractivity contribution in [2.75, 3.05) is 7.11 Å². The molecular weight excluding hydrogens is 354 g/mol. The van der Waals surface area contributed by atoms with Crippen LogP contribution in [0, 0.1) is 6.92 Å². The maximum Gasteiger partial charge on any atom is 0.118 e. The summed E-state index contributed by atoms with van der Waals surface area (Å²) in [6, 6.07) is 16.1. The summed E-state index contributed by atoms with van der Waals surface area (Å²) in [7, 11) is 1.67. The van der Waals surface area contributed by atoms with E-state index in [0.29, 0.717) is 0 Å². The number of rotatable bonds is 5. The van der Waals surface area contributed by atoms with E-state index in [0.717, 1.165) is 40.4 Å². The minimum atomic E-state index is 0.719. The molecule has 118 valence electrons. The Hall–Kier alpha value is -2.14. The van der Waals surface area contributed by atoms with Gasteiger partial charge in [0, 0.05) is 11.0 Å². The van der Waals surface area contributed by atoms with Crippen LogP contribution in [-0.2, 0) is 11.9 Å². The van der Waals surface area contributed by atoms with Gasteiger partial charge in [-0.15, -0.1) is 0 Å². The number of pyridine rings is 1. The second kappa shape index (κ2) is 6.96. The zero-order valence-corrected chi connectivity index (χ0v) is 14.7. The molecule has 5 heteroatoms. The van der Waals surface area contributed by atoms with Crippen LogP contribution in [0.15, 0.2) is 48.5 Å². The van der Waals surface area contributed by atoms with Crippen LogP contribution in [0.1, 0.15) is 17.0 Å². The molecular formula is C18H18BrN3O. The summed E-state index contributed by atoms with van der Waals surface area (Å²) in [5.74, 6) is 0.861. The van der Waals surface area contributed by atoms with E-state index >= 15 is 0 Å². The third-order valence-electron chi connectivity index (χ3n) is 3.64. The number of halogens is 1. The van der Waals surface area contributed by atoms with Crippen LogP contribution in [0.5, 0.6) is 5.75 Å². The maximum absolute atomic E-state index is 5.20. The van der Waals surface area contributed by atoms with Crippen LogP contribution in [0.4, 0.5) is 0 Å². The molecule has 3 aromatic rings. The predicted octanol–water partition coefficient (Wildman–Crippen LogP) is 4.21. The number of hydrogen-bond donors (Lipinski definition) is 0. The average molecular weight is 372 g/mol. The van der Waals surface area contributed by atoms with Crippen molar-refractivity contribution in [3.05, 3.63) is 65.5 Å². The number of nitrogens with zero attached hydrogens (tertiary/aromatic N) is 3. The molecule has 2 heterocycles. The first-order chi connectivity index (χ1) is 11.2. The SMILES string of the molecule is COc1ccc(Cn2nc(-c3cccc(C)n3)cc2CBr)cc1. The first kappa shape index (κ1) is 15.7. The van der Waals surface area contributed by atoms with Crippen molar-refractivity contribution in [1.29, 1.82) is 0 Å². The molecule has 0 unspecified atom stereocenters. The fourth-order valence-electron chi connectivity index (χ4n) is 2.41. The second-order valence-electron chi connectivity index (χ2n) is 5.32. The zero-order valence-electron chi connectivity index (χ0n) is 13.2. The molecule has 0 atom stereocenters. The second-order valence-corrected chi connectivity index (χ2v) is 5.89. The Kier molecular flexibility index (Phi) is 4.76. The van der Waals surface area contributed by atoms with Gasteiger partial charge >= 0.3 is 0 Å². The molecule has 0 aliphatic carbocycles. The molecule has 0 spiro atoms. The van der Waals surface area contributed by atoms with Crippen molar-refractivity contribution in [2.45, 2.75) is 18.8 Å². The standard InChI is InChI=1S/C18H18BrN3O/c1-13-4-3-5-17(20-13)18-10-15(11-19)22(21-18)12-14-6-8-16(23-2)9-7-14/h3-10H,11-12H2,1-2H3. The number of hydrogen-bond acceptors (Lipinski definition) is 3. The van der Waals surface area contributed by atoms with E-state index in [1.807, 2.05) is 41.9 Å². The lowest BCUT2D eigenvalue weighted by Crippen LogP contribution is -2.05. The molecule has 23 heavy (non-hydrogen) atoms. The van der Waals surface area contributed by atoms with Gasteiger partial charge in [-0.1, -0.05) is 34.1 Å². The number of aromatic nitrogens is 3. The Morgan fingerprint density at radius 2 is 1.87 bits per heavy atom. The summed E-state index contributed by atoms with van der Waals surface area (Å²) in [5.41, 5.74) is 5.10. The van der Waals surface area contributed by atoms with E-state index in [9.17, 15) is 0 Å². The van der Waals surface area contributed by atoms with Crippen LogP contribution in [-0.4, -0.2) is 21.9 Å². The van der Waals surface area contributed by atoms with E-state index < -0.39 is 0 Å². The Bertz CT molecular complexity index is 796. The first-order valence-corrected chi connectivity index (χ1v) is 8.51. The summed E-state index contributed by atoms with van der Waals surface area (Å²) in [6.45, 7) is 2.71. The fourth-order valence-corrected chi connectivity index (χ4v) is 2.87. The van der Waals surface area contributed by atoms with Gasteiger partial charge in [0.2, 0.25) is 0 Å². The van der Waals surface area contributed by atoms with E-state index in [-0.39, 0.29) is 0 Å². The van der Waals surface area contributed by atoms with Crippen LogP contribution < -0.4 is 4.74 Å². The van der Waals surface area contributed by atoms with Crippen molar-refractivity contribution in [1.82, 2.24) is 14.8 Å². The Labute approximate surface area is 144 Å². The Morgan fingerprint density at radius 1 is 1.09 bits per heavy atom. The minimum absolute atomic E-state index is 0.719. The normalized spacial score (nSPS) is 10.7. The number of aryl methyl sites for hydroxylation is 1. The first-order valence-electron chi connectivity index (χ1n) is 7.39. The number of ether oxygens (including phenoxy) is 1. The summed E-state index contributed by atoms with van der Waals surface area (Å²) in [5, 5.41) is 5.48. The molecule has 0 saturated heterocycles. The molecule has 0 aliphatic rings. The van der Waals surface area contributed by atoms with E-state index in [1.54, 1.807) is 7.11 Å². The van der Waals surface area contributed by atoms with Gasteiger partial charge in [-0.25, -0.2) is 0 Å². The molecule has 2 aromatic heterocycles. The van der Waals surface area contributed by atoms with Gasteiger partial charge in [-0.2, -0.15) is 5.10 Å². The molecule has 0 amide bonds. The third kappa shape index (κ3) is 3.62. The predicted molar refractivity (Wildman–Crippen MR) is 94.9 cm³/mol.